The maximum Gasteiger partial charge on any atom is 0.133 e. The minimum Gasteiger partial charge on any atom is -0.396 e. The van der Waals surface area contributed by atoms with E-state index >= 15 is 0 Å². The van der Waals surface area contributed by atoms with Crippen LogP contribution in [-0.4, -0.2) is 40.8 Å². The zero-order valence-electron chi connectivity index (χ0n) is 6.33. The highest BCUT2D eigenvalue weighted by Gasteiger charge is 2.27. The van der Waals surface area contributed by atoms with E-state index in [1.54, 1.807) is 0 Å². The van der Waals surface area contributed by atoms with Crippen LogP contribution in [0.25, 0.3) is 0 Å². The summed E-state index contributed by atoms with van der Waals surface area (Å²) in [5.41, 5.74) is -1.25. The van der Waals surface area contributed by atoms with Gasteiger partial charge in [0.25, 0.3) is 0 Å². The average Bonchev–Trinajstić information content (AvgIpc) is 1.86. The highest BCUT2D eigenvalue weighted by molar-refractivity contribution is 4.78. The van der Waals surface area contributed by atoms with Gasteiger partial charge in [0.1, 0.15) is 11.8 Å². The van der Waals surface area contributed by atoms with Gasteiger partial charge in [-0.3, -0.25) is 5.32 Å². The first-order valence-corrected chi connectivity index (χ1v) is 3.23. The molecule has 0 amide bonds. The summed E-state index contributed by atoms with van der Waals surface area (Å²) < 4.78 is 0. The van der Waals surface area contributed by atoms with Crippen molar-refractivity contribution in [3.63, 3.8) is 0 Å². The third kappa shape index (κ3) is 2.62. The molecule has 0 aromatic rings. The van der Waals surface area contributed by atoms with E-state index in [0.717, 1.165) is 0 Å². The first-order valence-electron chi connectivity index (χ1n) is 3.23. The summed E-state index contributed by atoms with van der Waals surface area (Å²) in [6, 6.07) is 0. The number of aliphatic hydroxyl groups excluding tert-OH is 2. The van der Waals surface area contributed by atoms with Crippen LogP contribution in [0.5, 0.6) is 0 Å². The van der Waals surface area contributed by atoms with E-state index in [1.807, 2.05) is 0 Å². The quantitative estimate of drug-likeness (QED) is 0.373. The van der Waals surface area contributed by atoms with Gasteiger partial charge in [0.05, 0.1) is 0 Å². The molecule has 0 aromatic carbocycles. The Morgan fingerprint density at radius 3 is 2.40 bits per heavy atom. The summed E-state index contributed by atoms with van der Waals surface area (Å²) in [4.78, 5) is 0. The first kappa shape index (κ1) is 9.84. The molecule has 10 heavy (non-hydrogen) atoms. The van der Waals surface area contributed by atoms with Gasteiger partial charge in [-0.25, -0.2) is 0 Å². The fraction of sp³-hybridized carbons (Fsp3) is 1.00. The summed E-state index contributed by atoms with van der Waals surface area (Å²) >= 11 is 0. The molecule has 0 spiro atoms. The van der Waals surface area contributed by atoms with Gasteiger partial charge >= 0.3 is 0 Å². The second kappa shape index (κ2) is 3.88. The lowest BCUT2D eigenvalue weighted by Crippen LogP contribution is -2.47. The second-order valence-electron chi connectivity index (χ2n) is 2.52. The van der Waals surface area contributed by atoms with Crippen LogP contribution in [0.1, 0.15) is 13.3 Å². The highest BCUT2D eigenvalue weighted by Crippen LogP contribution is 2.11. The molecule has 0 bridgehead atoms. The van der Waals surface area contributed by atoms with E-state index in [0.29, 0.717) is 0 Å². The number of nitrogens with one attached hydrogen (secondary N) is 1. The predicted molar refractivity (Wildman–Crippen MR) is 37.4 cm³/mol. The smallest absolute Gasteiger partial charge is 0.133 e. The Labute approximate surface area is 60.5 Å². The maximum absolute atomic E-state index is 9.31. The fourth-order valence-electron chi connectivity index (χ4n) is 0.674. The van der Waals surface area contributed by atoms with Crippen LogP contribution in [0, 0.1) is 0 Å². The molecule has 0 aromatic heterocycles. The molecule has 0 aliphatic heterocycles. The molecule has 4 N–H and O–H groups in total. The Morgan fingerprint density at radius 2 is 2.10 bits per heavy atom. The molecule has 0 aliphatic carbocycles. The molecule has 2 atom stereocenters. The molecule has 62 valence electrons. The summed E-state index contributed by atoms with van der Waals surface area (Å²) in [5, 5.41) is 29.3. The van der Waals surface area contributed by atoms with Crippen molar-refractivity contribution >= 4 is 0 Å². The standard InChI is InChI=1S/C6H15NO3/c1-6(10,3-4-8)5(9)7-2/h5,7-10H,3-4H2,1-2H3. The summed E-state index contributed by atoms with van der Waals surface area (Å²) in [5.74, 6) is 0. The van der Waals surface area contributed by atoms with Crippen LogP contribution < -0.4 is 5.32 Å². The lowest BCUT2D eigenvalue weighted by molar-refractivity contribution is -0.0857. The summed E-state index contributed by atoms with van der Waals surface area (Å²) in [7, 11) is 1.54. The Kier molecular flexibility index (Phi) is 3.81. The Balaban J connectivity index is 3.82. The van der Waals surface area contributed by atoms with E-state index in [-0.39, 0.29) is 13.0 Å². The third-order valence-corrected chi connectivity index (χ3v) is 1.48. The zero-order chi connectivity index (χ0) is 8.20. The van der Waals surface area contributed by atoms with Gasteiger partial charge in [-0.05, 0) is 14.0 Å². The largest absolute Gasteiger partial charge is 0.396 e. The van der Waals surface area contributed by atoms with E-state index in [9.17, 15) is 5.11 Å². The molecule has 0 heterocycles. The summed E-state index contributed by atoms with van der Waals surface area (Å²) in [6.45, 7) is 1.33. The number of hydrogen-bond acceptors (Lipinski definition) is 4. The van der Waals surface area contributed by atoms with Crippen molar-refractivity contribution in [2.75, 3.05) is 13.7 Å². The normalized spacial score (nSPS) is 20.1. The van der Waals surface area contributed by atoms with Crippen LogP contribution in [0.2, 0.25) is 0 Å². The van der Waals surface area contributed by atoms with Crippen LogP contribution in [-0.2, 0) is 0 Å². The Hall–Kier alpha value is -0.160. The molecule has 0 rings (SSSR count). The molecule has 0 saturated heterocycles. The van der Waals surface area contributed by atoms with E-state index in [4.69, 9.17) is 10.2 Å². The number of hydrogen-bond donors (Lipinski definition) is 4. The zero-order valence-corrected chi connectivity index (χ0v) is 6.33. The van der Waals surface area contributed by atoms with E-state index in [2.05, 4.69) is 5.32 Å². The number of likely N-dealkylation sites (N-methyl/N-ethyl adjacent to an activating group) is 1. The molecule has 0 saturated carbocycles. The summed E-state index contributed by atoms with van der Waals surface area (Å²) in [6.07, 6.45) is -0.825. The highest BCUT2D eigenvalue weighted by atomic mass is 16.4. The topological polar surface area (TPSA) is 72.7 Å². The SMILES string of the molecule is CNC(O)C(C)(O)CCO. The molecule has 0 aliphatic rings. The van der Waals surface area contributed by atoms with Crippen molar-refractivity contribution in [3.05, 3.63) is 0 Å². The average molecular weight is 149 g/mol. The monoisotopic (exact) mass is 149 g/mol. The van der Waals surface area contributed by atoms with Crippen molar-refractivity contribution < 1.29 is 15.3 Å². The third-order valence-electron chi connectivity index (χ3n) is 1.48. The van der Waals surface area contributed by atoms with Crippen LogP contribution in [0.15, 0.2) is 0 Å². The number of aliphatic hydroxyl groups is 3. The van der Waals surface area contributed by atoms with Gasteiger partial charge in [-0.2, -0.15) is 0 Å². The van der Waals surface area contributed by atoms with Gasteiger partial charge in [-0.15, -0.1) is 0 Å². The van der Waals surface area contributed by atoms with E-state index in [1.165, 1.54) is 14.0 Å². The van der Waals surface area contributed by atoms with Gasteiger partial charge in [0.15, 0.2) is 0 Å². The molecule has 0 radical (unpaired) electrons. The minimum absolute atomic E-state index is 0.133. The molecule has 0 fully saturated rings. The fourth-order valence-corrected chi connectivity index (χ4v) is 0.674. The van der Waals surface area contributed by atoms with Gasteiger partial charge < -0.3 is 15.3 Å². The van der Waals surface area contributed by atoms with Crippen molar-refractivity contribution in [2.45, 2.75) is 25.2 Å². The van der Waals surface area contributed by atoms with Gasteiger partial charge in [0.2, 0.25) is 0 Å². The molecular weight excluding hydrogens is 134 g/mol. The molecule has 4 heteroatoms. The molecule has 4 nitrogen and oxygen atoms in total. The van der Waals surface area contributed by atoms with Crippen LogP contribution in [0.3, 0.4) is 0 Å². The minimum atomic E-state index is -1.25. The van der Waals surface area contributed by atoms with Crippen molar-refractivity contribution in [1.29, 1.82) is 0 Å². The number of rotatable bonds is 4. The van der Waals surface area contributed by atoms with Crippen molar-refractivity contribution in [2.24, 2.45) is 0 Å². The second-order valence-corrected chi connectivity index (χ2v) is 2.52. The van der Waals surface area contributed by atoms with Crippen LogP contribution in [0.4, 0.5) is 0 Å². The molecular formula is C6H15NO3. The first-order chi connectivity index (χ1) is 4.54. The lowest BCUT2D eigenvalue weighted by atomic mass is 10.0. The van der Waals surface area contributed by atoms with Crippen molar-refractivity contribution in [3.8, 4) is 0 Å². The Bertz CT molecular complexity index is 95.0. The lowest BCUT2D eigenvalue weighted by Gasteiger charge is -2.27. The Morgan fingerprint density at radius 1 is 1.60 bits per heavy atom. The van der Waals surface area contributed by atoms with E-state index < -0.39 is 11.8 Å². The van der Waals surface area contributed by atoms with Gasteiger partial charge in [-0.1, -0.05) is 0 Å². The predicted octanol–water partition coefficient (Wildman–Crippen LogP) is -1.34. The van der Waals surface area contributed by atoms with Gasteiger partial charge in [0, 0.05) is 13.0 Å². The molecule has 2 unspecified atom stereocenters. The van der Waals surface area contributed by atoms with Crippen molar-refractivity contribution in [1.82, 2.24) is 5.32 Å². The van der Waals surface area contributed by atoms with Crippen LogP contribution >= 0.6 is 0 Å². The maximum atomic E-state index is 9.31.